The number of fused-ring (bicyclic) bond motifs is 1. The molecule has 0 bridgehead atoms. The van der Waals surface area contributed by atoms with Gasteiger partial charge in [-0.15, -0.1) is 0 Å². The third-order valence-electron chi connectivity index (χ3n) is 5.87. The second kappa shape index (κ2) is 10.4. The van der Waals surface area contributed by atoms with Crippen LogP contribution >= 0.6 is 11.6 Å². The number of halogens is 1. The Morgan fingerprint density at radius 3 is 2.59 bits per heavy atom. The SMILES string of the molecule is Cc1ccc(OCC(O)CNC2CCC(NC(=O)c3cc4cc(Cl)ccc4o3)CC2)cc1. The number of ether oxygens (including phenoxy) is 1. The van der Waals surface area contributed by atoms with Crippen molar-refractivity contribution in [2.24, 2.45) is 0 Å². The Kier molecular flexibility index (Phi) is 7.35. The quantitative estimate of drug-likeness (QED) is 0.466. The predicted octanol–water partition coefficient (Wildman–Crippen LogP) is 4.47. The molecule has 1 heterocycles. The number of furan rings is 1. The Morgan fingerprint density at radius 1 is 1.12 bits per heavy atom. The van der Waals surface area contributed by atoms with Crippen molar-refractivity contribution in [1.29, 1.82) is 0 Å². The van der Waals surface area contributed by atoms with E-state index in [-0.39, 0.29) is 18.6 Å². The van der Waals surface area contributed by atoms with Crippen molar-refractivity contribution in [3.05, 3.63) is 64.9 Å². The standard InChI is InChI=1S/C25H29ClN2O4/c1-16-2-9-22(10-3-16)31-15-21(29)14-27-19-5-7-20(8-6-19)28-25(30)24-13-17-12-18(26)4-11-23(17)32-24/h2-4,9-13,19-21,27,29H,5-8,14-15H2,1H3,(H,28,30). The van der Waals surface area contributed by atoms with Crippen LogP contribution in [0, 0.1) is 6.92 Å². The number of benzene rings is 2. The Balaban J connectivity index is 1.16. The molecule has 7 heteroatoms. The van der Waals surface area contributed by atoms with E-state index in [1.165, 1.54) is 5.56 Å². The van der Waals surface area contributed by atoms with Crippen LogP contribution in [0.2, 0.25) is 5.02 Å². The van der Waals surface area contributed by atoms with Gasteiger partial charge in [0.1, 0.15) is 24.0 Å². The normalized spacial score (nSPS) is 19.6. The Morgan fingerprint density at radius 2 is 1.84 bits per heavy atom. The Bertz CT molecular complexity index is 1040. The molecule has 1 unspecified atom stereocenters. The summed E-state index contributed by atoms with van der Waals surface area (Å²) in [6.07, 6.45) is 3.06. The first kappa shape index (κ1) is 22.6. The van der Waals surface area contributed by atoms with E-state index in [9.17, 15) is 9.90 Å². The van der Waals surface area contributed by atoms with E-state index in [0.717, 1.165) is 36.8 Å². The van der Waals surface area contributed by atoms with Crippen LogP contribution in [0.3, 0.4) is 0 Å². The maximum absolute atomic E-state index is 12.6. The lowest BCUT2D eigenvalue weighted by Crippen LogP contribution is -2.44. The summed E-state index contributed by atoms with van der Waals surface area (Å²) >= 11 is 6.00. The highest BCUT2D eigenvalue weighted by molar-refractivity contribution is 6.31. The third-order valence-corrected chi connectivity index (χ3v) is 6.11. The highest BCUT2D eigenvalue weighted by Gasteiger charge is 2.24. The number of hydrogen-bond acceptors (Lipinski definition) is 5. The van der Waals surface area contributed by atoms with Crippen molar-refractivity contribution in [3.63, 3.8) is 0 Å². The van der Waals surface area contributed by atoms with Crippen LogP contribution in [0.5, 0.6) is 5.75 Å². The molecule has 0 aliphatic heterocycles. The maximum atomic E-state index is 12.6. The third kappa shape index (κ3) is 6.03. The van der Waals surface area contributed by atoms with Crippen molar-refractivity contribution in [2.75, 3.05) is 13.2 Å². The first-order valence-corrected chi connectivity index (χ1v) is 11.4. The number of aryl methyl sites for hydroxylation is 1. The minimum Gasteiger partial charge on any atom is -0.491 e. The van der Waals surface area contributed by atoms with Crippen LogP contribution in [-0.4, -0.2) is 42.4 Å². The summed E-state index contributed by atoms with van der Waals surface area (Å²) in [6.45, 7) is 2.76. The fourth-order valence-corrected chi connectivity index (χ4v) is 4.19. The van der Waals surface area contributed by atoms with Gasteiger partial charge in [0, 0.05) is 29.0 Å². The van der Waals surface area contributed by atoms with Gasteiger partial charge in [-0.25, -0.2) is 0 Å². The van der Waals surface area contributed by atoms with Gasteiger partial charge >= 0.3 is 0 Å². The number of nitrogens with one attached hydrogen (secondary N) is 2. The topological polar surface area (TPSA) is 83.7 Å². The van der Waals surface area contributed by atoms with Gasteiger partial charge in [-0.2, -0.15) is 0 Å². The predicted molar refractivity (Wildman–Crippen MR) is 125 cm³/mol. The van der Waals surface area contributed by atoms with Crippen molar-refractivity contribution in [2.45, 2.75) is 50.8 Å². The lowest BCUT2D eigenvalue weighted by Gasteiger charge is -2.30. The molecule has 6 nitrogen and oxygen atoms in total. The molecule has 4 rings (SSSR count). The molecular formula is C25H29ClN2O4. The number of amides is 1. The van der Waals surface area contributed by atoms with Gasteiger partial charge in [-0.1, -0.05) is 29.3 Å². The molecule has 1 fully saturated rings. The fourth-order valence-electron chi connectivity index (χ4n) is 4.01. The number of carbonyl (C=O) groups is 1. The lowest BCUT2D eigenvalue weighted by atomic mass is 9.91. The van der Waals surface area contributed by atoms with Gasteiger partial charge in [-0.3, -0.25) is 4.79 Å². The highest BCUT2D eigenvalue weighted by Crippen LogP contribution is 2.24. The van der Waals surface area contributed by atoms with Gasteiger partial charge in [0.25, 0.3) is 5.91 Å². The van der Waals surface area contributed by atoms with Crippen molar-refractivity contribution in [3.8, 4) is 5.75 Å². The molecule has 1 atom stereocenters. The molecule has 1 amide bonds. The Labute approximate surface area is 192 Å². The van der Waals surface area contributed by atoms with E-state index in [4.69, 9.17) is 20.8 Å². The van der Waals surface area contributed by atoms with Crippen molar-refractivity contribution >= 4 is 28.5 Å². The second-order valence-electron chi connectivity index (χ2n) is 8.50. The molecular weight excluding hydrogens is 428 g/mol. The molecule has 1 aliphatic rings. The first-order chi connectivity index (χ1) is 15.5. The summed E-state index contributed by atoms with van der Waals surface area (Å²) in [5, 5.41) is 18.1. The van der Waals surface area contributed by atoms with Crippen LogP contribution in [0.25, 0.3) is 11.0 Å². The average molecular weight is 457 g/mol. The molecule has 0 saturated heterocycles. The molecule has 0 spiro atoms. The van der Waals surface area contributed by atoms with E-state index in [1.54, 1.807) is 24.3 Å². The number of hydrogen-bond donors (Lipinski definition) is 3. The van der Waals surface area contributed by atoms with Crippen LogP contribution in [-0.2, 0) is 0 Å². The van der Waals surface area contributed by atoms with E-state index in [2.05, 4.69) is 10.6 Å². The van der Waals surface area contributed by atoms with Gasteiger partial charge in [-0.05, 0) is 69.0 Å². The zero-order chi connectivity index (χ0) is 22.5. The van der Waals surface area contributed by atoms with Crippen molar-refractivity contribution in [1.82, 2.24) is 10.6 Å². The van der Waals surface area contributed by atoms with Gasteiger partial charge in [0.15, 0.2) is 5.76 Å². The largest absolute Gasteiger partial charge is 0.491 e. The zero-order valence-electron chi connectivity index (χ0n) is 18.1. The maximum Gasteiger partial charge on any atom is 0.287 e. The summed E-state index contributed by atoms with van der Waals surface area (Å²) in [5.74, 6) is 0.870. The first-order valence-electron chi connectivity index (χ1n) is 11.1. The van der Waals surface area contributed by atoms with E-state index in [1.807, 2.05) is 31.2 Å². The summed E-state index contributed by atoms with van der Waals surface area (Å²) in [6, 6.07) is 15.3. The second-order valence-corrected chi connectivity index (χ2v) is 8.94. The summed E-state index contributed by atoms with van der Waals surface area (Å²) in [7, 11) is 0. The molecule has 170 valence electrons. The highest BCUT2D eigenvalue weighted by atomic mass is 35.5. The number of aliphatic hydroxyl groups excluding tert-OH is 1. The monoisotopic (exact) mass is 456 g/mol. The van der Waals surface area contributed by atoms with Crippen LogP contribution in [0.1, 0.15) is 41.8 Å². The molecule has 32 heavy (non-hydrogen) atoms. The van der Waals surface area contributed by atoms with Crippen LogP contribution < -0.4 is 15.4 Å². The number of rotatable bonds is 8. The molecule has 2 aromatic carbocycles. The molecule has 3 N–H and O–H groups in total. The smallest absolute Gasteiger partial charge is 0.287 e. The summed E-state index contributed by atoms with van der Waals surface area (Å²) < 4.78 is 11.3. The van der Waals surface area contributed by atoms with Crippen LogP contribution in [0.4, 0.5) is 0 Å². The van der Waals surface area contributed by atoms with E-state index >= 15 is 0 Å². The summed E-state index contributed by atoms with van der Waals surface area (Å²) in [4.78, 5) is 12.6. The minimum atomic E-state index is -0.574. The molecule has 0 radical (unpaired) electrons. The van der Waals surface area contributed by atoms with Gasteiger partial charge < -0.3 is 24.9 Å². The van der Waals surface area contributed by atoms with E-state index < -0.39 is 6.10 Å². The fraction of sp³-hybridized carbons (Fsp3) is 0.400. The van der Waals surface area contributed by atoms with E-state index in [0.29, 0.717) is 29.0 Å². The molecule has 1 saturated carbocycles. The molecule has 3 aromatic rings. The molecule has 1 aliphatic carbocycles. The molecule has 1 aromatic heterocycles. The van der Waals surface area contributed by atoms with Gasteiger partial charge in [0.2, 0.25) is 0 Å². The lowest BCUT2D eigenvalue weighted by molar-refractivity contribution is 0.0891. The van der Waals surface area contributed by atoms with Crippen molar-refractivity contribution < 1.29 is 19.1 Å². The average Bonchev–Trinajstić information content (AvgIpc) is 3.21. The Hall–Kier alpha value is -2.54. The zero-order valence-corrected chi connectivity index (χ0v) is 18.9. The number of aliphatic hydroxyl groups is 1. The number of carbonyl (C=O) groups excluding carboxylic acids is 1. The minimum absolute atomic E-state index is 0.118. The van der Waals surface area contributed by atoms with Gasteiger partial charge in [0.05, 0.1) is 0 Å². The summed E-state index contributed by atoms with van der Waals surface area (Å²) in [5.41, 5.74) is 1.83. The van der Waals surface area contributed by atoms with Crippen LogP contribution in [0.15, 0.2) is 52.9 Å².